The molecule has 29 heavy (non-hydrogen) atoms. The van der Waals surface area contributed by atoms with Crippen LogP contribution in [0.25, 0.3) is 0 Å². The van der Waals surface area contributed by atoms with E-state index in [9.17, 15) is 14.4 Å². The molecule has 1 atom stereocenters. The zero-order chi connectivity index (χ0) is 21.6. The average Bonchev–Trinajstić information content (AvgIpc) is 3.03. The Morgan fingerprint density at radius 2 is 1.66 bits per heavy atom. The van der Waals surface area contributed by atoms with Crippen molar-refractivity contribution in [3.8, 4) is 0 Å². The fourth-order valence-electron chi connectivity index (χ4n) is 3.01. The molecule has 1 aromatic heterocycles. The van der Waals surface area contributed by atoms with Crippen LogP contribution in [0.2, 0.25) is 0 Å². The molecule has 0 spiro atoms. The van der Waals surface area contributed by atoms with Gasteiger partial charge in [-0.2, -0.15) is 0 Å². The van der Waals surface area contributed by atoms with Crippen LogP contribution in [0.15, 0.2) is 30.3 Å². The molecule has 0 radical (unpaired) electrons. The number of amides is 1. The molecule has 0 bridgehead atoms. The maximum absolute atomic E-state index is 12.6. The van der Waals surface area contributed by atoms with Crippen LogP contribution >= 0.6 is 11.3 Å². The van der Waals surface area contributed by atoms with Crippen LogP contribution in [0.4, 0.5) is 5.00 Å². The van der Waals surface area contributed by atoms with E-state index in [4.69, 9.17) is 9.47 Å². The zero-order valence-corrected chi connectivity index (χ0v) is 18.0. The Labute approximate surface area is 174 Å². The van der Waals surface area contributed by atoms with Gasteiger partial charge in [-0.3, -0.25) is 4.79 Å². The monoisotopic (exact) mass is 418 g/mol. The Balaban J connectivity index is 2.17. The van der Waals surface area contributed by atoms with E-state index in [2.05, 4.69) is 24.5 Å². The number of carbonyl (C=O) groups excluding carboxylic acids is 3. The van der Waals surface area contributed by atoms with Gasteiger partial charge in [0.15, 0.2) is 0 Å². The van der Waals surface area contributed by atoms with Gasteiger partial charge in [0.05, 0.1) is 26.3 Å². The van der Waals surface area contributed by atoms with Crippen molar-refractivity contribution in [3.63, 3.8) is 0 Å². The Hall–Kier alpha value is -2.71. The van der Waals surface area contributed by atoms with Crippen LogP contribution in [0.1, 0.15) is 51.0 Å². The third-order valence-electron chi connectivity index (χ3n) is 4.47. The van der Waals surface area contributed by atoms with Gasteiger partial charge in [0.25, 0.3) is 0 Å². The first-order valence-corrected chi connectivity index (χ1v) is 10.00. The molecule has 2 rings (SSSR count). The number of nitrogens with one attached hydrogen (secondary N) is 2. The van der Waals surface area contributed by atoms with Gasteiger partial charge in [0, 0.05) is 6.04 Å². The highest BCUT2D eigenvalue weighted by atomic mass is 32.1. The molecule has 8 heteroatoms. The lowest BCUT2D eigenvalue weighted by Crippen LogP contribution is -2.33. The molecule has 1 heterocycles. The molecule has 1 amide bonds. The molecule has 0 aliphatic heterocycles. The van der Waals surface area contributed by atoms with E-state index in [1.165, 1.54) is 14.2 Å². The molecular weight excluding hydrogens is 392 g/mol. The number of ether oxygens (including phenoxy) is 2. The van der Waals surface area contributed by atoms with Gasteiger partial charge >= 0.3 is 11.9 Å². The van der Waals surface area contributed by atoms with Crippen molar-refractivity contribution in [2.75, 3.05) is 26.1 Å². The lowest BCUT2D eigenvalue weighted by atomic mass is 9.96. The van der Waals surface area contributed by atoms with Crippen LogP contribution in [-0.2, 0) is 14.3 Å². The van der Waals surface area contributed by atoms with Crippen LogP contribution in [0.3, 0.4) is 0 Å². The standard InChI is InChI=1S/C21H26N2O5S/c1-12(2)17(14-9-7-6-8-10-14)22-11-15(24)23-19-16(20(25)27-4)13(3)18(29-19)21(26)28-5/h6-10,12,17,22H,11H2,1-5H3,(H,23,24)/t17-/m1/s1. The minimum Gasteiger partial charge on any atom is -0.465 e. The fraction of sp³-hybridized carbons (Fsp3) is 0.381. The van der Waals surface area contributed by atoms with E-state index in [0.717, 1.165) is 16.9 Å². The van der Waals surface area contributed by atoms with Crippen LogP contribution in [0.5, 0.6) is 0 Å². The first-order valence-electron chi connectivity index (χ1n) is 9.18. The summed E-state index contributed by atoms with van der Waals surface area (Å²) in [6, 6.07) is 9.87. The number of hydrogen-bond donors (Lipinski definition) is 2. The number of anilines is 1. The predicted octanol–water partition coefficient (Wildman–Crippen LogP) is 3.56. The molecule has 0 aliphatic rings. The Bertz CT molecular complexity index is 877. The van der Waals surface area contributed by atoms with Crippen molar-refractivity contribution in [1.29, 1.82) is 0 Å². The minimum atomic E-state index is -0.624. The summed E-state index contributed by atoms with van der Waals surface area (Å²) >= 11 is 0.993. The largest absolute Gasteiger partial charge is 0.465 e. The molecule has 0 saturated carbocycles. The maximum atomic E-state index is 12.6. The van der Waals surface area contributed by atoms with Gasteiger partial charge in [-0.1, -0.05) is 44.2 Å². The van der Waals surface area contributed by atoms with Crippen molar-refractivity contribution in [2.24, 2.45) is 5.92 Å². The zero-order valence-electron chi connectivity index (χ0n) is 17.2. The van der Waals surface area contributed by atoms with E-state index in [1.807, 2.05) is 30.3 Å². The van der Waals surface area contributed by atoms with Gasteiger partial charge in [0.2, 0.25) is 5.91 Å². The summed E-state index contributed by atoms with van der Waals surface area (Å²) in [6.45, 7) is 5.81. The first-order chi connectivity index (χ1) is 13.8. The number of benzene rings is 1. The molecule has 0 saturated heterocycles. The second-order valence-corrected chi connectivity index (χ2v) is 7.83. The number of rotatable bonds is 8. The van der Waals surface area contributed by atoms with Crippen LogP contribution in [-0.4, -0.2) is 38.6 Å². The van der Waals surface area contributed by atoms with Gasteiger partial charge in [-0.25, -0.2) is 9.59 Å². The average molecular weight is 419 g/mol. The number of carbonyl (C=O) groups is 3. The highest BCUT2D eigenvalue weighted by Gasteiger charge is 2.27. The molecule has 7 nitrogen and oxygen atoms in total. The molecule has 0 aliphatic carbocycles. The number of methoxy groups -OCH3 is 2. The molecule has 1 aromatic carbocycles. The second-order valence-electron chi connectivity index (χ2n) is 6.80. The number of esters is 2. The highest BCUT2D eigenvalue weighted by Crippen LogP contribution is 2.34. The number of hydrogen-bond acceptors (Lipinski definition) is 7. The molecule has 0 unspecified atom stereocenters. The lowest BCUT2D eigenvalue weighted by molar-refractivity contribution is -0.115. The Kier molecular flexibility index (Phi) is 7.92. The first kappa shape index (κ1) is 22.6. The summed E-state index contributed by atoms with van der Waals surface area (Å²) in [5.41, 5.74) is 1.67. The van der Waals surface area contributed by atoms with Crippen molar-refractivity contribution >= 4 is 34.2 Å². The van der Waals surface area contributed by atoms with Crippen molar-refractivity contribution in [1.82, 2.24) is 5.32 Å². The van der Waals surface area contributed by atoms with E-state index in [0.29, 0.717) is 5.56 Å². The Morgan fingerprint density at radius 3 is 2.21 bits per heavy atom. The normalized spacial score (nSPS) is 11.8. The second kappa shape index (κ2) is 10.2. The van der Waals surface area contributed by atoms with Gasteiger partial charge in [0.1, 0.15) is 9.88 Å². The molecular formula is C21H26N2O5S. The molecule has 2 N–H and O–H groups in total. The summed E-state index contributed by atoms with van der Waals surface area (Å²) in [7, 11) is 2.51. The summed E-state index contributed by atoms with van der Waals surface area (Å²) in [4.78, 5) is 36.9. The van der Waals surface area contributed by atoms with Gasteiger partial charge < -0.3 is 20.1 Å². The van der Waals surface area contributed by atoms with E-state index in [1.54, 1.807) is 6.92 Å². The number of thiophene rings is 1. The minimum absolute atomic E-state index is 0.00210. The van der Waals surface area contributed by atoms with Crippen molar-refractivity contribution in [3.05, 3.63) is 51.9 Å². The van der Waals surface area contributed by atoms with E-state index >= 15 is 0 Å². The SMILES string of the molecule is COC(=O)c1sc(NC(=O)CN[C@@H](c2ccccc2)C(C)C)c(C(=O)OC)c1C. The highest BCUT2D eigenvalue weighted by molar-refractivity contribution is 7.18. The Morgan fingerprint density at radius 1 is 1.03 bits per heavy atom. The predicted molar refractivity (Wildman–Crippen MR) is 112 cm³/mol. The van der Waals surface area contributed by atoms with Crippen LogP contribution in [0, 0.1) is 12.8 Å². The fourth-order valence-corrected chi connectivity index (χ4v) is 4.14. The van der Waals surface area contributed by atoms with Crippen molar-refractivity contribution in [2.45, 2.75) is 26.8 Å². The summed E-state index contributed by atoms with van der Waals surface area (Å²) in [5, 5.41) is 6.24. The maximum Gasteiger partial charge on any atom is 0.348 e. The third-order valence-corrected chi connectivity index (χ3v) is 5.66. The molecule has 156 valence electrons. The molecule has 2 aromatic rings. The summed E-state index contributed by atoms with van der Waals surface area (Å²) in [6.07, 6.45) is 0. The quantitative estimate of drug-likeness (QED) is 0.637. The smallest absolute Gasteiger partial charge is 0.348 e. The lowest BCUT2D eigenvalue weighted by Gasteiger charge is -2.22. The van der Waals surface area contributed by atoms with Gasteiger partial charge in [-0.05, 0) is 24.0 Å². The van der Waals surface area contributed by atoms with E-state index in [-0.39, 0.29) is 39.9 Å². The summed E-state index contributed by atoms with van der Waals surface area (Å²) < 4.78 is 9.55. The summed E-state index contributed by atoms with van der Waals surface area (Å²) in [5.74, 6) is -1.25. The molecule has 0 fully saturated rings. The third kappa shape index (κ3) is 5.42. The van der Waals surface area contributed by atoms with Gasteiger partial charge in [-0.15, -0.1) is 11.3 Å². The van der Waals surface area contributed by atoms with Crippen LogP contribution < -0.4 is 10.6 Å². The van der Waals surface area contributed by atoms with Crippen molar-refractivity contribution < 1.29 is 23.9 Å². The van der Waals surface area contributed by atoms with E-state index < -0.39 is 11.9 Å². The topological polar surface area (TPSA) is 93.7 Å².